The highest BCUT2D eigenvalue weighted by atomic mass is 16.7. The second kappa shape index (κ2) is 9.81. The lowest BCUT2D eigenvalue weighted by Crippen LogP contribution is -2.68. The van der Waals surface area contributed by atoms with Gasteiger partial charge in [-0.05, 0) is 108 Å². The molecule has 0 amide bonds. The van der Waals surface area contributed by atoms with E-state index < -0.39 is 0 Å². The Hall–Kier alpha value is -2.58. The van der Waals surface area contributed by atoms with Crippen molar-refractivity contribution in [1.82, 2.24) is 0 Å². The zero-order valence-corrected chi connectivity index (χ0v) is 24.1. The van der Waals surface area contributed by atoms with Gasteiger partial charge in [-0.15, -0.1) is 0 Å². The standard InChI is InChI=1S/C37H44O2/c1-23(2)19-33(24(3)4)25-11-9-13-28(21-25)38-36(39-37-18-10-12-26-20-27(22-37)35(26)37)34-31-16-7-5-14-29(31)30-15-6-8-17-32(30)34/h5-9,11,13-17,21,23-24,26-27,33-36H,10,12,18-20,22H2,1-4H3. The van der Waals surface area contributed by atoms with Crippen LogP contribution in [0.3, 0.4) is 0 Å². The van der Waals surface area contributed by atoms with Gasteiger partial charge in [0, 0.05) is 0 Å². The summed E-state index contributed by atoms with van der Waals surface area (Å²) in [4.78, 5) is 0. The molecular weight excluding hydrogens is 476 g/mol. The minimum absolute atomic E-state index is 0.00129. The molecule has 0 aliphatic heterocycles. The Balaban J connectivity index is 1.27. The van der Waals surface area contributed by atoms with Crippen molar-refractivity contribution in [2.75, 3.05) is 0 Å². The molecule has 0 saturated heterocycles. The van der Waals surface area contributed by atoms with Crippen molar-refractivity contribution in [3.63, 3.8) is 0 Å². The Morgan fingerprint density at radius 2 is 1.56 bits per heavy atom. The van der Waals surface area contributed by atoms with Crippen LogP contribution in [0, 0.1) is 29.6 Å². The van der Waals surface area contributed by atoms with Gasteiger partial charge in [0.2, 0.25) is 6.29 Å². The van der Waals surface area contributed by atoms with E-state index in [4.69, 9.17) is 9.47 Å². The lowest BCUT2D eigenvalue weighted by Gasteiger charge is -2.68. The van der Waals surface area contributed by atoms with Crippen LogP contribution in [0.25, 0.3) is 11.1 Å². The zero-order valence-electron chi connectivity index (χ0n) is 24.1. The molecule has 0 heterocycles. The molecule has 204 valence electrons. The number of ether oxygens (including phenoxy) is 2. The fourth-order valence-corrected chi connectivity index (χ4v) is 8.91. The van der Waals surface area contributed by atoms with Crippen molar-refractivity contribution in [3.8, 4) is 16.9 Å². The third-order valence-electron chi connectivity index (χ3n) is 10.6. The number of benzene rings is 3. The van der Waals surface area contributed by atoms with Crippen LogP contribution in [0.1, 0.15) is 94.7 Å². The Bertz CT molecular complexity index is 1290. The Morgan fingerprint density at radius 1 is 0.846 bits per heavy atom. The van der Waals surface area contributed by atoms with E-state index in [1.165, 1.54) is 66.3 Å². The lowest BCUT2D eigenvalue weighted by molar-refractivity contribution is -0.311. The predicted octanol–water partition coefficient (Wildman–Crippen LogP) is 9.58. The minimum atomic E-state index is -0.340. The van der Waals surface area contributed by atoms with Crippen LogP contribution >= 0.6 is 0 Å². The normalized spacial score (nSPS) is 28.2. The number of rotatable bonds is 9. The van der Waals surface area contributed by atoms with Crippen molar-refractivity contribution in [2.24, 2.45) is 29.6 Å². The monoisotopic (exact) mass is 520 g/mol. The molecule has 3 saturated carbocycles. The number of fused-ring (bicyclic) bond motifs is 3. The summed E-state index contributed by atoms with van der Waals surface area (Å²) in [5.41, 5.74) is 6.73. The smallest absolute Gasteiger partial charge is 0.211 e. The third-order valence-corrected chi connectivity index (χ3v) is 10.6. The molecule has 2 nitrogen and oxygen atoms in total. The summed E-state index contributed by atoms with van der Waals surface area (Å²) in [5, 5.41) is 0. The Morgan fingerprint density at radius 3 is 2.23 bits per heavy atom. The first-order valence-electron chi connectivity index (χ1n) is 15.6. The molecule has 3 fully saturated rings. The average molecular weight is 521 g/mol. The highest BCUT2D eigenvalue weighted by Crippen LogP contribution is 2.68. The first-order valence-corrected chi connectivity index (χ1v) is 15.6. The quantitative estimate of drug-likeness (QED) is 0.262. The van der Waals surface area contributed by atoms with E-state index in [0.717, 1.165) is 23.5 Å². The molecule has 0 radical (unpaired) electrons. The maximum atomic E-state index is 7.37. The molecule has 7 rings (SSSR count). The summed E-state index contributed by atoms with van der Waals surface area (Å²) in [5.74, 6) is 5.29. The molecule has 0 spiro atoms. The SMILES string of the molecule is CC(C)CC(c1cccc(OC(OC23CCCC4CC(C2)C43)C2c3ccccc3-c3ccccc32)c1)C(C)C. The molecule has 6 atom stereocenters. The van der Waals surface area contributed by atoms with Crippen LogP contribution in [0.2, 0.25) is 0 Å². The van der Waals surface area contributed by atoms with Crippen LogP contribution in [-0.4, -0.2) is 11.9 Å². The van der Waals surface area contributed by atoms with Crippen LogP contribution in [0.15, 0.2) is 72.8 Å². The van der Waals surface area contributed by atoms with E-state index in [9.17, 15) is 0 Å². The largest absolute Gasteiger partial charge is 0.464 e. The molecule has 2 heteroatoms. The zero-order chi connectivity index (χ0) is 26.7. The van der Waals surface area contributed by atoms with Gasteiger partial charge in [0.05, 0.1) is 11.5 Å². The van der Waals surface area contributed by atoms with Gasteiger partial charge in [0.15, 0.2) is 0 Å². The average Bonchev–Trinajstić information content (AvgIpc) is 3.23. The van der Waals surface area contributed by atoms with Crippen LogP contribution < -0.4 is 4.74 Å². The highest BCUT2D eigenvalue weighted by Gasteiger charge is 2.66. The maximum Gasteiger partial charge on any atom is 0.211 e. The van der Waals surface area contributed by atoms with Crippen LogP contribution in [0.4, 0.5) is 0 Å². The molecule has 3 aromatic rings. The van der Waals surface area contributed by atoms with E-state index in [1.807, 2.05) is 0 Å². The summed E-state index contributed by atoms with van der Waals surface area (Å²) in [6, 6.07) is 26.7. The summed E-state index contributed by atoms with van der Waals surface area (Å²) >= 11 is 0. The topological polar surface area (TPSA) is 18.5 Å². The molecule has 4 aliphatic rings. The molecule has 3 aromatic carbocycles. The van der Waals surface area contributed by atoms with Crippen molar-refractivity contribution < 1.29 is 9.47 Å². The predicted molar refractivity (Wildman–Crippen MR) is 159 cm³/mol. The second-order valence-electron chi connectivity index (χ2n) is 13.8. The van der Waals surface area contributed by atoms with Gasteiger partial charge in [0.25, 0.3) is 0 Å². The Labute approximate surface area is 235 Å². The van der Waals surface area contributed by atoms with Gasteiger partial charge >= 0.3 is 0 Å². The summed E-state index contributed by atoms with van der Waals surface area (Å²) in [7, 11) is 0. The van der Waals surface area contributed by atoms with E-state index in [1.54, 1.807) is 0 Å². The van der Waals surface area contributed by atoms with Crippen LogP contribution in [-0.2, 0) is 4.74 Å². The first-order chi connectivity index (χ1) is 18.9. The summed E-state index contributed by atoms with van der Waals surface area (Å²) in [6.45, 7) is 9.36. The second-order valence-corrected chi connectivity index (χ2v) is 13.8. The molecule has 0 N–H and O–H groups in total. The number of hydrogen-bond acceptors (Lipinski definition) is 2. The Kier molecular flexibility index (Phi) is 6.38. The third kappa shape index (κ3) is 4.26. The van der Waals surface area contributed by atoms with Gasteiger partial charge in [-0.2, -0.15) is 0 Å². The van der Waals surface area contributed by atoms with Crippen molar-refractivity contribution >= 4 is 0 Å². The van der Waals surface area contributed by atoms with Crippen molar-refractivity contribution in [1.29, 1.82) is 0 Å². The van der Waals surface area contributed by atoms with E-state index in [2.05, 4.69) is 100 Å². The lowest BCUT2D eigenvalue weighted by atomic mass is 9.41. The number of hydrogen-bond donors (Lipinski definition) is 0. The molecule has 0 bridgehead atoms. The molecule has 4 aliphatic carbocycles. The van der Waals surface area contributed by atoms with E-state index in [-0.39, 0.29) is 17.8 Å². The van der Waals surface area contributed by atoms with Gasteiger partial charge < -0.3 is 9.47 Å². The van der Waals surface area contributed by atoms with E-state index in [0.29, 0.717) is 17.8 Å². The van der Waals surface area contributed by atoms with Gasteiger partial charge in [0.1, 0.15) is 5.75 Å². The van der Waals surface area contributed by atoms with Crippen molar-refractivity contribution in [2.45, 2.75) is 89.9 Å². The first kappa shape index (κ1) is 25.4. The van der Waals surface area contributed by atoms with Crippen LogP contribution in [0.5, 0.6) is 5.75 Å². The molecule has 0 aromatic heterocycles. The summed E-state index contributed by atoms with van der Waals surface area (Å²) < 4.78 is 14.4. The highest BCUT2D eigenvalue weighted by molar-refractivity contribution is 5.79. The van der Waals surface area contributed by atoms with Gasteiger partial charge in [-0.25, -0.2) is 0 Å². The van der Waals surface area contributed by atoms with Gasteiger partial charge in [-0.1, -0.05) is 94.8 Å². The van der Waals surface area contributed by atoms with Crippen molar-refractivity contribution in [3.05, 3.63) is 89.5 Å². The fraction of sp³-hybridized carbons (Fsp3) is 0.514. The molecule has 6 unspecified atom stereocenters. The molecule has 39 heavy (non-hydrogen) atoms. The molecular formula is C37H44O2. The van der Waals surface area contributed by atoms with Gasteiger partial charge in [-0.3, -0.25) is 0 Å². The maximum absolute atomic E-state index is 7.37. The fourth-order valence-electron chi connectivity index (χ4n) is 8.91. The van der Waals surface area contributed by atoms with E-state index >= 15 is 0 Å². The summed E-state index contributed by atoms with van der Waals surface area (Å²) in [6.07, 6.45) is 7.36. The minimum Gasteiger partial charge on any atom is -0.464 e.